The van der Waals surface area contributed by atoms with Crippen LogP contribution in [0.25, 0.3) is 0 Å². The van der Waals surface area contributed by atoms with Crippen LogP contribution in [0.5, 0.6) is 0 Å². The number of carbonyl (C=O) groups is 2. The first-order chi connectivity index (χ1) is 9.72. The van der Waals surface area contributed by atoms with Crippen molar-refractivity contribution in [2.24, 2.45) is 5.92 Å². The third-order valence-corrected chi connectivity index (χ3v) is 4.00. The van der Waals surface area contributed by atoms with E-state index in [0.29, 0.717) is 19.5 Å². The predicted octanol–water partition coefficient (Wildman–Crippen LogP) is 0.666. The number of benzene rings is 1. The van der Waals surface area contributed by atoms with Gasteiger partial charge in [-0.2, -0.15) is 0 Å². The second-order valence-electron chi connectivity index (χ2n) is 5.49. The first kappa shape index (κ1) is 13.0. The molecule has 0 spiro atoms. The van der Waals surface area contributed by atoms with E-state index < -0.39 is 0 Å². The molecule has 20 heavy (non-hydrogen) atoms. The van der Waals surface area contributed by atoms with E-state index in [1.54, 1.807) is 0 Å². The minimum atomic E-state index is -0.0398. The van der Waals surface area contributed by atoms with Crippen LogP contribution >= 0.6 is 0 Å². The summed E-state index contributed by atoms with van der Waals surface area (Å²) in [5.41, 5.74) is 2.31. The molecule has 0 aliphatic carbocycles. The van der Waals surface area contributed by atoms with E-state index in [0.717, 1.165) is 18.5 Å². The minimum absolute atomic E-state index is 0.0398. The Labute approximate surface area is 118 Å². The molecule has 1 fully saturated rings. The van der Waals surface area contributed by atoms with Gasteiger partial charge in [0.15, 0.2) is 0 Å². The highest BCUT2D eigenvalue weighted by atomic mass is 16.2. The summed E-state index contributed by atoms with van der Waals surface area (Å²) in [4.78, 5) is 23.3. The topological polar surface area (TPSA) is 70.2 Å². The summed E-state index contributed by atoms with van der Waals surface area (Å²) < 4.78 is 0. The smallest absolute Gasteiger partial charge is 0.225 e. The normalized spacial score (nSPS) is 24.5. The molecule has 2 amide bonds. The van der Waals surface area contributed by atoms with Crippen molar-refractivity contribution >= 4 is 17.5 Å². The molecule has 3 rings (SSSR count). The molecule has 0 radical (unpaired) electrons. The fourth-order valence-corrected chi connectivity index (χ4v) is 2.83. The molecular weight excluding hydrogens is 254 g/mol. The number of nitrogens with one attached hydrogen (secondary N) is 3. The zero-order valence-corrected chi connectivity index (χ0v) is 11.3. The summed E-state index contributed by atoms with van der Waals surface area (Å²) in [5.74, 6) is 0.104. The lowest BCUT2D eigenvalue weighted by molar-refractivity contribution is -0.125. The number of fused-ring (bicyclic) bond motifs is 1. The Bertz CT molecular complexity index is 530. The molecule has 106 valence electrons. The molecule has 5 nitrogen and oxygen atoms in total. The van der Waals surface area contributed by atoms with Gasteiger partial charge < -0.3 is 16.0 Å². The van der Waals surface area contributed by atoms with Crippen LogP contribution in [0.4, 0.5) is 5.69 Å². The molecule has 2 aliphatic rings. The van der Waals surface area contributed by atoms with Crippen molar-refractivity contribution in [1.82, 2.24) is 10.6 Å². The molecule has 1 aromatic carbocycles. The summed E-state index contributed by atoms with van der Waals surface area (Å²) in [6, 6.07) is 8.18. The number of anilines is 1. The van der Waals surface area contributed by atoms with Crippen LogP contribution in [0.1, 0.15) is 18.4 Å². The standard InChI is InChI=1S/C15H19N3O2/c19-14-6-5-12(18-14)9-17-15(20)11-7-10-3-1-2-4-13(10)16-8-11/h1-4,11-12,16H,5-9H2,(H,17,20)(H,18,19). The Balaban J connectivity index is 1.52. The van der Waals surface area contributed by atoms with Crippen LogP contribution in [-0.2, 0) is 16.0 Å². The predicted molar refractivity (Wildman–Crippen MR) is 76.3 cm³/mol. The molecule has 2 heterocycles. The Morgan fingerprint density at radius 2 is 2.20 bits per heavy atom. The lowest BCUT2D eigenvalue weighted by Gasteiger charge is -2.25. The highest BCUT2D eigenvalue weighted by Gasteiger charge is 2.26. The van der Waals surface area contributed by atoms with Crippen molar-refractivity contribution in [1.29, 1.82) is 0 Å². The van der Waals surface area contributed by atoms with E-state index >= 15 is 0 Å². The highest BCUT2D eigenvalue weighted by Crippen LogP contribution is 2.24. The molecule has 0 aromatic heterocycles. The first-order valence-corrected chi connectivity index (χ1v) is 7.11. The Morgan fingerprint density at radius 3 is 3.00 bits per heavy atom. The van der Waals surface area contributed by atoms with Gasteiger partial charge in [-0.25, -0.2) is 0 Å². The lowest BCUT2D eigenvalue weighted by atomic mass is 9.93. The van der Waals surface area contributed by atoms with E-state index in [1.807, 2.05) is 18.2 Å². The summed E-state index contributed by atoms with van der Waals surface area (Å²) in [6.07, 6.45) is 2.15. The number of hydrogen-bond acceptors (Lipinski definition) is 3. The van der Waals surface area contributed by atoms with Crippen LogP contribution in [0, 0.1) is 5.92 Å². The number of rotatable bonds is 3. The van der Waals surface area contributed by atoms with Crippen molar-refractivity contribution in [3.05, 3.63) is 29.8 Å². The number of para-hydroxylation sites is 1. The van der Waals surface area contributed by atoms with Crippen LogP contribution in [0.15, 0.2) is 24.3 Å². The second-order valence-corrected chi connectivity index (χ2v) is 5.49. The maximum Gasteiger partial charge on any atom is 0.225 e. The van der Waals surface area contributed by atoms with Crippen molar-refractivity contribution < 1.29 is 9.59 Å². The fourth-order valence-electron chi connectivity index (χ4n) is 2.83. The third kappa shape index (κ3) is 2.76. The monoisotopic (exact) mass is 273 g/mol. The molecule has 2 aliphatic heterocycles. The molecule has 3 N–H and O–H groups in total. The van der Waals surface area contributed by atoms with Gasteiger partial charge in [-0.05, 0) is 24.5 Å². The molecule has 2 unspecified atom stereocenters. The maximum absolute atomic E-state index is 12.2. The SMILES string of the molecule is O=C1CCC(CNC(=O)C2CNc3ccccc3C2)N1. The van der Waals surface area contributed by atoms with E-state index in [-0.39, 0.29) is 23.8 Å². The van der Waals surface area contributed by atoms with Gasteiger partial charge in [0, 0.05) is 31.2 Å². The molecular formula is C15H19N3O2. The van der Waals surface area contributed by atoms with Gasteiger partial charge in [-0.1, -0.05) is 18.2 Å². The van der Waals surface area contributed by atoms with Crippen molar-refractivity contribution in [2.75, 3.05) is 18.4 Å². The second kappa shape index (κ2) is 5.53. The van der Waals surface area contributed by atoms with Gasteiger partial charge in [0.1, 0.15) is 0 Å². The number of carbonyl (C=O) groups excluding carboxylic acids is 2. The Hall–Kier alpha value is -2.04. The van der Waals surface area contributed by atoms with Crippen molar-refractivity contribution in [3.63, 3.8) is 0 Å². The van der Waals surface area contributed by atoms with Crippen LogP contribution in [-0.4, -0.2) is 30.9 Å². The zero-order chi connectivity index (χ0) is 13.9. The number of hydrogen-bond donors (Lipinski definition) is 3. The van der Waals surface area contributed by atoms with E-state index in [2.05, 4.69) is 22.0 Å². The minimum Gasteiger partial charge on any atom is -0.384 e. The lowest BCUT2D eigenvalue weighted by Crippen LogP contribution is -2.43. The quantitative estimate of drug-likeness (QED) is 0.758. The molecule has 2 atom stereocenters. The van der Waals surface area contributed by atoms with Gasteiger partial charge in [0.05, 0.1) is 5.92 Å². The van der Waals surface area contributed by atoms with Gasteiger partial charge in [-0.3, -0.25) is 9.59 Å². The van der Waals surface area contributed by atoms with E-state index in [1.165, 1.54) is 5.56 Å². The van der Waals surface area contributed by atoms with E-state index in [9.17, 15) is 9.59 Å². The van der Waals surface area contributed by atoms with Crippen LogP contribution in [0.2, 0.25) is 0 Å². The summed E-state index contributed by atoms with van der Waals surface area (Å²) in [5, 5.41) is 9.11. The summed E-state index contributed by atoms with van der Waals surface area (Å²) in [6.45, 7) is 1.20. The number of amides is 2. The summed E-state index contributed by atoms with van der Waals surface area (Å²) >= 11 is 0. The zero-order valence-electron chi connectivity index (χ0n) is 11.3. The molecule has 1 saturated heterocycles. The van der Waals surface area contributed by atoms with Crippen molar-refractivity contribution in [2.45, 2.75) is 25.3 Å². The van der Waals surface area contributed by atoms with Gasteiger partial charge >= 0.3 is 0 Å². The first-order valence-electron chi connectivity index (χ1n) is 7.11. The van der Waals surface area contributed by atoms with Crippen LogP contribution < -0.4 is 16.0 Å². The highest BCUT2D eigenvalue weighted by molar-refractivity contribution is 5.81. The molecule has 5 heteroatoms. The van der Waals surface area contributed by atoms with Gasteiger partial charge in [-0.15, -0.1) is 0 Å². The van der Waals surface area contributed by atoms with Gasteiger partial charge in [0.25, 0.3) is 0 Å². The Kier molecular flexibility index (Phi) is 3.58. The average molecular weight is 273 g/mol. The van der Waals surface area contributed by atoms with Gasteiger partial charge in [0.2, 0.25) is 11.8 Å². The molecule has 0 saturated carbocycles. The third-order valence-electron chi connectivity index (χ3n) is 4.00. The van der Waals surface area contributed by atoms with Crippen LogP contribution in [0.3, 0.4) is 0 Å². The largest absolute Gasteiger partial charge is 0.384 e. The Morgan fingerprint density at radius 1 is 1.35 bits per heavy atom. The average Bonchev–Trinajstić information content (AvgIpc) is 2.90. The van der Waals surface area contributed by atoms with Crippen molar-refractivity contribution in [3.8, 4) is 0 Å². The summed E-state index contributed by atoms with van der Waals surface area (Å²) in [7, 11) is 0. The molecule has 1 aromatic rings. The molecule has 0 bridgehead atoms. The maximum atomic E-state index is 12.2. The fraction of sp³-hybridized carbons (Fsp3) is 0.467. The van der Waals surface area contributed by atoms with E-state index in [4.69, 9.17) is 0 Å².